The van der Waals surface area contributed by atoms with Crippen LogP contribution in [0.2, 0.25) is 0 Å². The Hall–Kier alpha value is -2.38. The molecule has 1 unspecified atom stereocenters. The minimum Gasteiger partial charge on any atom is -0.389 e. The van der Waals surface area contributed by atoms with Crippen LogP contribution in [0.4, 0.5) is 11.5 Å². The first-order chi connectivity index (χ1) is 11.9. The summed E-state index contributed by atoms with van der Waals surface area (Å²) in [6.45, 7) is 4.57. The summed E-state index contributed by atoms with van der Waals surface area (Å²) in [7, 11) is 1.62. The molecular formula is C18H25N3O4. The average Bonchev–Trinajstić information content (AvgIpc) is 2.55. The Kier molecular flexibility index (Phi) is 6.55. The molecular weight excluding hydrogens is 322 g/mol. The molecule has 0 aliphatic carbocycles. The molecule has 1 aromatic heterocycles. The smallest absolute Gasteiger partial charge is 0.329 e. The highest BCUT2D eigenvalue weighted by Gasteiger charge is 2.08. The summed E-state index contributed by atoms with van der Waals surface area (Å²) in [5, 5.41) is 12.8. The van der Waals surface area contributed by atoms with Crippen molar-refractivity contribution in [3.8, 4) is 0 Å². The van der Waals surface area contributed by atoms with Gasteiger partial charge in [-0.15, -0.1) is 0 Å². The molecule has 0 aliphatic rings. The van der Waals surface area contributed by atoms with E-state index in [9.17, 15) is 14.7 Å². The van der Waals surface area contributed by atoms with Gasteiger partial charge in [-0.05, 0) is 49.9 Å². The molecule has 0 amide bonds. The zero-order valence-corrected chi connectivity index (χ0v) is 14.8. The monoisotopic (exact) mass is 347 g/mol. The van der Waals surface area contributed by atoms with Gasteiger partial charge in [0.1, 0.15) is 5.82 Å². The van der Waals surface area contributed by atoms with E-state index in [1.807, 2.05) is 19.1 Å². The molecule has 1 heterocycles. The van der Waals surface area contributed by atoms with Crippen molar-refractivity contribution >= 4 is 11.5 Å². The molecule has 2 rings (SSSR count). The molecule has 1 atom stereocenters. The number of unbranched alkanes of at least 4 members (excludes halogenated alkanes) is 1. The van der Waals surface area contributed by atoms with E-state index in [1.165, 1.54) is 10.6 Å². The molecule has 0 fully saturated rings. The zero-order valence-electron chi connectivity index (χ0n) is 14.8. The molecule has 7 nitrogen and oxygen atoms in total. The summed E-state index contributed by atoms with van der Waals surface area (Å²) in [5.74, 6) is 0.323. The lowest BCUT2D eigenvalue weighted by molar-refractivity contribution is 0.191. The largest absolute Gasteiger partial charge is 0.389 e. The topological polar surface area (TPSA) is 96.3 Å². The van der Waals surface area contributed by atoms with Crippen molar-refractivity contribution < 1.29 is 9.84 Å². The Morgan fingerprint density at radius 2 is 2.04 bits per heavy atom. The Balaban J connectivity index is 2.17. The first kappa shape index (κ1) is 19.0. The number of hydrogen-bond donors (Lipinski definition) is 3. The first-order valence-corrected chi connectivity index (χ1v) is 8.31. The number of rotatable bonds is 8. The number of anilines is 2. The Morgan fingerprint density at radius 1 is 1.28 bits per heavy atom. The number of aryl methyl sites for hydroxylation is 1. The Labute approximate surface area is 146 Å². The van der Waals surface area contributed by atoms with E-state index < -0.39 is 11.8 Å². The third kappa shape index (κ3) is 5.04. The predicted molar refractivity (Wildman–Crippen MR) is 97.5 cm³/mol. The number of benzene rings is 1. The summed E-state index contributed by atoms with van der Waals surface area (Å²) in [5.41, 5.74) is 1.65. The number of hydrogen-bond acceptors (Lipinski definition) is 5. The van der Waals surface area contributed by atoms with Crippen molar-refractivity contribution in [2.75, 3.05) is 19.0 Å². The van der Waals surface area contributed by atoms with Crippen molar-refractivity contribution in [3.05, 3.63) is 56.2 Å². The van der Waals surface area contributed by atoms with Crippen LogP contribution in [0.25, 0.3) is 0 Å². The molecule has 1 aromatic carbocycles. The molecule has 0 radical (unpaired) electrons. The van der Waals surface area contributed by atoms with Crippen molar-refractivity contribution in [1.82, 2.24) is 9.55 Å². The van der Waals surface area contributed by atoms with Crippen LogP contribution in [0.5, 0.6) is 0 Å². The van der Waals surface area contributed by atoms with Crippen LogP contribution >= 0.6 is 0 Å². The number of aliphatic hydroxyl groups is 1. The number of H-pyrrole nitrogens is 1. The summed E-state index contributed by atoms with van der Waals surface area (Å²) in [6.07, 6.45) is 0.883. The van der Waals surface area contributed by atoms with E-state index in [4.69, 9.17) is 4.74 Å². The van der Waals surface area contributed by atoms with Crippen LogP contribution in [0.15, 0.2) is 33.9 Å². The number of nitrogens with one attached hydrogen (secondary N) is 2. The third-order valence-electron chi connectivity index (χ3n) is 4.01. The van der Waals surface area contributed by atoms with Gasteiger partial charge in [-0.3, -0.25) is 14.3 Å². The van der Waals surface area contributed by atoms with Gasteiger partial charge in [0.2, 0.25) is 0 Å². The number of ether oxygens (including phenoxy) is 1. The van der Waals surface area contributed by atoms with Crippen molar-refractivity contribution in [2.24, 2.45) is 0 Å². The molecule has 3 N–H and O–H groups in total. The predicted octanol–water partition coefficient (Wildman–Crippen LogP) is 2.07. The summed E-state index contributed by atoms with van der Waals surface area (Å²) < 4.78 is 6.14. The van der Waals surface area contributed by atoms with Gasteiger partial charge in [0.25, 0.3) is 5.56 Å². The lowest BCUT2D eigenvalue weighted by Crippen LogP contribution is -2.35. The van der Waals surface area contributed by atoms with E-state index in [1.54, 1.807) is 20.1 Å². The minimum atomic E-state index is -0.596. The van der Waals surface area contributed by atoms with Gasteiger partial charge in [-0.25, -0.2) is 4.79 Å². The van der Waals surface area contributed by atoms with Crippen LogP contribution in [0.1, 0.15) is 37.0 Å². The lowest BCUT2D eigenvalue weighted by Gasteiger charge is -2.13. The highest BCUT2D eigenvalue weighted by atomic mass is 16.5. The number of methoxy groups -OCH3 is 1. The van der Waals surface area contributed by atoms with E-state index in [-0.39, 0.29) is 5.56 Å². The van der Waals surface area contributed by atoms with Gasteiger partial charge >= 0.3 is 5.69 Å². The maximum absolute atomic E-state index is 12.2. The van der Waals surface area contributed by atoms with E-state index in [2.05, 4.69) is 10.3 Å². The standard InChI is InChI=1S/C18H25N3O4/c1-12-6-7-14(10-15(12)13(2)22)19-16-11-17(23)21(18(24)20-16)8-4-5-9-25-3/h6-7,10-11,13,19,22H,4-5,8-9H2,1-3H3,(H,20,24). The molecule has 0 saturated carbocycles. The quantitative estimate of drug-likeness (QED) is 0.635. The molecule has 2 aromatic rings. The lowest BCUT2D eigenvalue weighted by atomic mass is 10.0. The second-order valence-electron chi connectivity index (χ2n) is 6.05. The Morgan fingerprint density at radius 3 is 2.68 bits per heavy atom. The molecule has 25 heavy (non-hydrogen) atoms. The van der Waals surface area contributed by atoms with E-state index in [0.29, 0.717) is 31.1 Å². The molecule has 0 saturated heterocycles. The summed E-state index contributed by atoms with van der Waals surface area (Å²) in [4.78, 5) is 27.0. The second-order valence-corrected chi connectivity index (χ2v) is 6.05. The minimum absolute atomic E-state index is 0.323. The number of nitrogens with zero attached hydrogens (tertiary/aromatic N) is 1. The Bertz CT molecular complexity index is 793. The van der Waals surface area contributed by atoms with Crippen LogP contribution < -0.4 is 16.6 Å². The highest BCUT2D eigenvalue weighted by molar-refractivity contribution is 5.58. The van der Waals surface area contributed by atoms with Crippen LogP contribution in [0.3, 0.4) is 0 Å². The number of aromatic nitrogens is 2. The normalized spacial score (nSPS) is 12.2. The van der Waals surface area contributed by atoms with Gasteiger partial charge in [-0.2, -0.15) is 0 Å². The van der Waals surface area contributed by atoms with Gasteiger partial charge in [0.05, 0.1) is 6.10 Å². The van der Waals surface area contributed by atoms with E-state index in [0.717, 1.165) is 17.5 Å². The highest BCUT2D eigenvalue weighted by Crippen LogP contribution is 2.22. The molecule has 0 aliphatic heterocycles. The first-order valence-electron chi connectivity index (χ1n) is 8.31. The number of aliphatic hydroxyl groups excluding tert-OH is 1. The van der Waals surface area contributed by atoms with Crippen LogP contribution in [-0.2, 0) is 11.3 Å². The maximum atomic E-state index is 12.2. The zero-order chi connectivity index (χ0) is 18.4. The molecule has 0 spiro atoms. The number of aromatic amines is 1. The summed E-state index contributed by atoms with van der Waals surface area (Å²) >= 11 is 0. The van der Waals surface area contributed by atoms with Crippen LogP contribution in [-0.4, -0.2) is 28.4 Å². The van der Waals surface area contributed by atoms with Crippen molar-refractivity contribution in [3.63, 3.8) is 0 Å². The summed E-state index contributed by atoms with van der Waals surface area (Å²) in [6, 6.07) is 6.86. The molecule has 0 bridgehead atoms. The second kappa shape index (κ2) is 8.64. The molecule has 7 heteroatoms. The van der Waals surface area contributed by atoms with Gasteiger partial charge in [0.15, 0.2) is 0 Å². The molecule has 136 valence electrons. The van der Waals surface area contributed by atoms with Crippen molar-refractivity contribution in [1.29, 1.82) is 0 Å². The van der Waals surface area contributed by atoms with Gasteiger partial charge < -0.3 is 15.2 Å². The van der Waals surface area contributed by atoms with Crippen LogP contribution in [0, 0.1) is 6.92 Å². The van der Waals surface area contributed by atoms with E-state index >= 15 is 0 Å². The van der Waals surface area contributed by atoms with Crippen molar-refractivity contribution in [2.45, 2.75) is 39.3 Å². The third-order valence-corrected chi connectivity index (χ3v) is 4.01. The fraction of sp³-hybridized carbons (Fsp3) is 0.444. The average molecular weight is 347 g/mol. The maximum Gasteiger partial charge on any atom is 0.329 e. The fourth-order valence-corrected chi connectivity index (χ4v) is 2.64. The van der Waals surface area contributed by atoms with Gasteiger partial charge in [-0.1, -0.05) is 6.07 Å². The van der Waals surface area contributed by atoms with Gasteiger partial charge in [0, 0.05) is 32.0 Å². The fourth-order valence-electron chi connectivity index (χ4n) is 2.64. The SMILES string of the molecule is COCCCCn1c(=O)cc(Nc2ccc(C)c(C(C)O)c2)[nH]c1=O.